The molecule has 2 aromatic carbocycles. The quantitative estimate of drug-likeness (QED) is 0.856. The van der Waals surface area contributed by atoms with Crippen molar-refractivity contribution in [3.8, 4) is 11.5 Å². The van der Waals surface area contributed by atoms with Crippen LogP contribution in [-0.2, 0) is 9.59 Å². The van der Waals surface area contributed by atoms with Gasteiger partial charge in [-0.1, -0.05) is 6.07 Å². The normalized spacial score (nSPS) is 10.2. The number of para-hydroxylation sites is 1. The van der Waals surface area contributed by atoms with Gasteiger partial charge in [-0.3, -0.25) is 9.59 Å². The zero-order chi connectivity index (χ0) is 19.3. The average molecular weight is 364 g/mol. The summed E-state index contributed by atoms with van der Waals surface area (Å²) in [5.74, 6) is -2.16. The molecule has 2 aromatic rings. The first kappa shape index (κ1) is 19.2. The van der Waals surface area contributed by atoms with E-state index in [9.17, 15) is 18.4 Å². The average Bonchev–Trinajstić information content (AvgIpc) is 2.62. The maximum atomic E-state index is 13.6. The number of methoxy groups -OCH3 is 2. The number of nitrogens with one attached hydrogen (secondary N) is 1. The molecule has 138 valence electrons. The van der Waals surface area contributed by atoms with Crippen molar-refractivity contribution in [1.82, 2.24) is 0 Å². The topological polar surface area (TPSA) is 67.9 Å². The van der Waals surface area contributed by atoms with Gasteiger partial charge in [0.15, 0.2) is 11.5 Å². The minimum Gasteiger partial charge on any atom is -0.493 e. The third-order valence-corrected chi connectivity index (χ3v) is 3.59. The van der Waals surface area contributed by atoms with Gasteiger partial charge in [0, 0.05) is 18.7 Å². The summed E-state index contributed by atoms with van der Waals surface area (Å²) in [6.45, 7) is 0.840. The second-order valence-electron chi connectivity index (χ2n) is 5.29. The van der Waals surface area contributed by atoms with E-state index in [1.54, 1.807) is 12.1 Å². The summed E-state index contributed by atoms with van der Waals surface area (Å²) < 4.78 is 37.6. The molecule has 0 aliphatic rings. The van der Waals surface area contributed by atoms with E-state index in [4.69, 9.17) is 9.47 Å². The fourth-order valence-electron chi connectivity index (χ4n) is 2.32. The summed E-state index contributed by atoms with van der Waals surface area (Å²) in [5, 5.41) is 2.15. The number of carbonyl (C=O) groups is 2. The van der Waals surface area contributed by atoms with E-state index in [1.165, 1.54) is 33.3 Å². The zero-order valence-corrected chi connectivity index (χ0v) is 14.5. The number of hydrogen-bond acceptors (Lipinski definition) is 4. The molecule has 0 spiro atoms. The lowest BCUT2D eigenvalue weighted by Crippen LogP contribution is -2.37. The van der Waals surface area contributed by atoms with Crippen molar-refractivity contribution in [2.45, 2.75) is 6.92 Å². The maximum Gasteiger partial charge on any atom is 0.244 e. The zero-order valence-electron chi connectivity index (χ0n) is 14.5. The van der Waals surface area contributed by atoms with Gasteiger partial charge in [0.25, 0.3) is 0 Å². The molecule has 0 saturated carbocycles. The van der Waals surface area contributed by atoms with Gasteiger partial charge in [-0.15, -0.1) is 0 Å². The maximum absolute atomic E-state index is 13.6. The number of amides is 2. The number of carbonyl (C=O) groups excluding carboxylic acids is 2. The van der Waals surface area contributed by atoms with Crippen molar-refractivity contribution >= 4 is 23.2 Å². The SMILES string of the molecule is COc1ccc(N(CC(=O)Nc2c(F)cccc2F)C(C)=O)cc1OC. The summed E-state index contributed by atoms with van der Waals surface area (Å²) in [4.78, 5) is 25.3. The molecule has 0 heterocycles. The highest BCUT2D eigenvalue weighted by Crippen LogP contribution is 2.31. The number of rotatable bonds is 6. The van der Waals surface area contributed by atoms with Crippen molar-refractivity contribution in [3.05, 3.63) is 48.0 Å². The molecule has 2 rings (SSSR count). The molecule has 0 atom stereocenters. The number of benzene rings is 2. The fourth-order valence-corrected chi connectivity index (χ4v) is 2.32. The molecular formula is C18H18F2N2O4. The standard InChI is InChI=1S/C18H18F2N2O4/c1-11(23)22(12-7-8-15(25-2)16(9-12)26-3)10-17(24)21-18-13(19)5-4-6-14(18)20/h4-9H,10H2,1-3H3,(H,21,24). The monoisotopic (exact) mass is 364 g/mol. The molecule has 0 aromatic heterocycles. The van der Waals surface area contributed by atoms with Crippen LogP contribution in [0.25, 0.3) is 0 Å². The highest BCUT2D eigenvalue weighted by atomic mass is 19.1. The van der Waals surface area contributed by atoms with Gasteiger partial charge in [0.05, 0.1) is 14.2 Å². The molecule has 0 aliphatic carbocycles. The van der Waals surface area contributed by atoms with Crippen molar-refractivity contribution in [2.75, 3.05) is 31.0 Å². The molecule has 0 fully saturated rings. The summed E-state index contributed by atoms with van der Waals surface area (Å²) in [6.07, 6.45) is 0. The number of anilines is 2. The highest BCUT2D eigenvalue weighted by Gasteiger charge is 2.19. The Kier molecular flexibility index (Phi) is 6.11. The first-order valence-corrected chi connectivity index (χ1v) is 7.61. The van der Waals surface area contributed by atoms with E-state index in [2.05, 4.69) is 5.32 Å². The van der Waals surface area contributed by atoms with Gasteiger partial charge in [-0.25, -0.2) is 8.78 Å². The van der Waals surface area contributed by atoms with E-state index in [0.717, 1.165) is 17.0 Å². The molecule has 1 N–H and O–H groups in total. The van der Waals surface area contributed by atoms with Crippen LogP contribution in [0.3, 0.4) is 0 Å². The second-order valence-corrected chi connectivity index (χ2v) is 5.29. The van der Waals surface area contributed by atoms with E-state index >= 15 is 0 Å². The lowest BCUT2D eigenvalue weighted by atomic mass is 10.2. The van der Waals surface area contributed by atoms with Crippen LogP contribution < -0.4 is 19.7 Å². The highest BCUT2D eigenvalue weighted by molar-refractivity contribution is 6.02. The van der Waals surface area contributed by atoms with Crippen molar-refractivity contribution in [2.24, 2.45) is 0 Å². The third-order valence-electron chi connectivity index (χ3n) is 3.59. The first-order valence-electron chi connectivity index (χ1n) is 7.61. The first-order chi connectivity index (χ1) is 12.4. The summed E-state index contributed by atoms with van der Waals surface area (Å²) in [6, 6.07) is 7.91. The van der Waals surface area contributed by atoms with Crippen LogP contribution in [-0.4, -0.2) is 32.6 Å². The minimum absolute atomic E-state index is 0.372. The van der Waals surface area contributed by atoms with E-state index in [-0.39, 0.29) is 0 Å². The Morgan fingerprint density at radius 3 is 2.19 bits per heavy atom. The molecule has 0 bridgehead atoms. The van der Waals surface area contributed by atoms with E-state index < -0.39 is 35.7 Å². The Labute approximate surface area is 149 Å². The number of ether oxygens (including phenoxy) is 2. The van der Waals surface area contributed by atoms with Crippen LogP contribution in [0, 0.1) is 11.6 Å². The lowest BCUT2D eigenvalue weighted by molar-refractivity contribution is -0.120. The summed E-state index contributed by atoms with van der Waals surface area (Å²) >= 11 is 0. The molecule has 0 aliphatic heterocycles. The summed E-state index contributed by atoms with van der Waals surface area (Å²) in [5.41, 5.74) is -0.187. The van der Waals surface area contributed by atoms with Gasteiger partial charge >= 0.3 is 0 Å². The van der Waals surface area contributed by atoms with Gasteiger partial charge in [0.2, 0.25) is 11.8 Å². The van der Waals surface area contributed by atoms with E-state index in [1.807, 2.05) is 0 Å². The van der Waals surface area contributed by atoms with Crippen LogP contribution >= 0.6 is 0 Å². The summed E-state index contributed by atoms with van der Waals surface area (Å²) in [7, 11) is 2.91. The molecule has 0 unspecified atom stereocenters. The van der Waals surface area contributed by atoms with Crippen LogP contribution in [0.1, 0.15) is 6.92 Å². The van der Waals surface area contributed by atoms with Crippen LogP contribution in [0.5, 0.6) is 11.5 Å². The predicted octanol–water partition coefficient (Wildman–Crippen LogP) is 2.97. The number of nitrogens with zero attached hydrogens (tertiary/aromatic N) is 1. The molecule has 0 radical (unpaired) electrons. The molecule has 2 amide bonds. The Hall–Kier alpha value is -3.16. The van der Waals surface area contributed by atoms with E-state index in [0.29, 0.717) is 17.2 Å². The third kappa shape index (κ3) is 4.27. The lowest BCUT2D eigenvalue weighted by Gasteiger charge is -2.22. The van der Waals surface area contributed by atoms with Crippen LogP contribution in [0.4, 0.5) is 20.2 Å². The Morgan fingerprint density at radius 2 is 1.65 bits per heavy atom. The van der Waals surface area contributed by atoms with Gasteiger partial charge < -0.3 is 19.7 Å². The Bertz CT molecular complexity index is 807. The Balaban J connectivity index is 2.23. The fraction of sp³-hybridized carbons (Fsp3) is 0.222. The van der Waals surface area contributed by atoms with Crippen LogP contribution in [0.15, 0.2) is 36.4 Å². The smallest absolute Gasteiger partial charge is 0.244 e. The second kappa shape index (κ2) is 8.28. The number of halogens is 2. The van der Waals surface area contributed by atoms with Gasteiger partial charge in [-0.05, 0) is 24.3 Å². The Morgan fingerprint density at radius 1 is 1.04 bits per heavy atom. The van der Waals surface area contributed by atoms with Gasteiger partial charge in [0.1, 0.15) is 23.9 Å². The largest absolute Gasteiger partial charge is 0.493 e. The van der Waals surface area contributed by atoms with Crippen molar-refractivity contribution < 1.29 is 27.8 Å². The number of hydrogen-bond donors (Lipinski definition) is 1. The van der Waals surface area contributed by atoms with Gasteiger partial charge in [-0.2, -0.15) is 0 Å². The predicted molar refractivity (Wildman–Crippen MR) is 92.6 cm³/mol. The molecule has 26 heavy (non-hydrogen) atoms. The van der Waals surface area contributed by atoms with Crippen LogP contribution in [0.2, 0.25) is 0 Å². The molecule has 0 saturated heterocycles. The minimum atomic E-state index is -0.904. The molecule has 8 heteroatoms. The molecule has 6 nitrogen and oxygen atoms in total. The van der Waals surface area contributed by atoms with Crippen molar-refractivity contribution in [3.63, 3.8) is 0 Å². The molecular weight excluding hydrogens is 346 g/mol. The van der Waals surface area contributed by atoms with Crippen molar-refractivity contribution in [1.29, 1.82) is 0 Å².